The first-order chi connectivity index (χ1) is 19.5. The van der Waals surface area contributed by atoms with Gasteiger partial charge in [-0.1, -0.05) is 18.2 Å². The first-order valence-corrected chi connectivity index (χ1v) is 14.7. The highest BCUT2D eigenvalue weighted by Crippen LogP contribution is 2.51. The number of hydrogen-bond donors (Lipinski definition) is 3. The van der Waals surface area contributed by atoms with Crippen molar-refractivity contribution in [1.29, 1.82) is 0 Å². The molecule has 2 aliphatic heterocycles. The zero-order valence-electron chi connectivity index (χ0n) is 23.0. The number of aliphatic hydroxyl groups excluding tert-OH is 1. The highest BCUT2D eigenvalue weighted by Gasteiger charge is 2.63. The average molecular weight is 593 g/mol. The summed E-state index contributed by atoms with van der Waals surface area (Å²) in [6.45, 7) is 6.57. The Balaban J connectivity index is 1.38. The quantitative estimate of drug-likeness (QED) is 0.204. The van der Waals surface area contributed by atoms with Gasteiger partial charge in [-0.3, -0.25) is 13.9 Å². The van der Waals surface area contributed by atoms with Gasteiger partial charge in [-0.25, -0.2) is 9.55 Å². The average Bonchev–Trinajstić information content (AvgIpc) is 3.57. The van der Waals surface area contributed by atoms with Gasteiger partial charge in [0.25, 0.3) is 0 Å². The Labute approximate surface area is 235 Å². The monoisotopic (exact) mass is 592 g/mol. The van der Waals surface area contributed by atoms with Crippen LogP contribution in [0.15, 0.2) is 36.7 Å². The number of nitrogen functional groups attached to an aromatic ring is 1. The number of nitrogens with one attached hydrogen (secondary N) is 1. The van der Waals surface area contributed by atoms with Crippen molar-refractivity contribution in [2.45, 2.75) is 63.9 Å². The zero-order chi connectivity index (χ0) is 29.4. The third-order valence-corrected chi connectivity index (χ3v) is 8.10. The molecule has 2 aliphatic rings. The van der Waals surface area contributed by atoms with Gasteiger partial charge in [0.2, 0.25) is 11.8 Å². The molecule has 0 amide bonds. The van der Waals surface area contributed by atoms with Crippen LogP contribution in [0.2, 0.25) is 0 Å². The van der Waals surface area contributed by atoms with Gasteiger partial charge in [0, 0.05) is 0 Å². The molecule has 2 fully saturated rings. The number of nitrogens with two attached hydrogens (primary N) is 1. The summed E-state index contributed by atoms with van der Waals surface area (Å²) in [5.41, 5.74) is 5.15. The SMILES string of the molecule is CCOc1nc(N)nc2c1ncn2C1O[C@@]2(COP(=O)(N[C@@H](C)C(=O)OC(C)C)Oc3ccccc3)COC1[C@@H]2O. The molecular weight excluding hydrogens is 559 g/mol. The Morgan fingerprint density at radius 3 is 2.76 bits per heavy atom. The molecule has 41 heavy (non-hydrogen) atoms. The number of carbonyl (C=O) groups is 1. The molecule has 4 heterocycles. The van der Waals surface area contributed by atoms with Crippen molar-refractivity contribution in [3.63, 3.8) is 0 Å². The zero-order valence-corrected chi connectivity index (χ0v) is 23.9. The van der Waals surface area contributed by atoms with E-state index in [9.17, 15) is 14.5 Å². The second-order valence-electron chi connectivity index (χ2n) is 9.95. The van der Waals surface area contributed by atoms with Crippen LogP contribution >= 0.6 is 7.75 Å². The molecule has 16 heteroatoms. The maximum Gasteiger partial charge on any atom is 0.459 e. The lowest BCUT2D eigenvalue weighted by molar-refractivity contribution is -0.183. The van der Waals surface area contributed by atoms with Crippen LogP contribution in [0.3, 0.4) is 0 Å². The van der Waals surface area contributed by atoms with Crippen LogP contribution in [0.25, 0.3) is 11.2 Å². The van der Waals surface area contributed by atoms with Crippen LogP contribution in [-0.2, 0) is 28.1 Å². The van der Waals surface area contributed by atoms with Gasteiger partial charge in [0.1, 0.15) is 29.6 Å². The minimum atomic E-state index is -4.22. The lowest BCUT2D eigenvalue weighted by Gasteiger charge is -2.32. The van der Waals surface area contributed by atoms with Crippen LogP contribution < -0.4 is 20.1 Å². The number of rotatable bonds is 12. The summed E-state index contributed by atoms with van der Waals surface area (Å²) in [6.07, 6.45) is -1.80. The molecule has 0 radical (unpaired) electrons. The number of hydrogen-bond acceptors (Lipinski definition) is 13. The van der Waals surface area contributed by atoms with Crippen molar-refractivity contribution in [1.82, 2.24) is 24.6 Å². The van der Waals surface area contributed by atoms with Crippen molar-refractivity contribution in [2.75, 3.05) is 25.6 Å². The molecule has 222 valence electrons. The first-order valence-electron chi connectivity index (χ1n) is 13.1. The van der Waals surface area contributed by atoms with Crippen molar-refractivity contribution >= 4 is 30.8 Å². The van der Waals surface area contributed by atoms with Crippen LogP contribution in [-0.4, -0.2) is 80.4 Å². The molecular formula is C25H33N6O9P. The van der Waals surface area contributed by atoms with Crippen molar-refractivity contribution in [2.24, 2.45) is 0 Å². The number of para-hydroxylation sites is 1. The van der Waals surface area contributed by atoms with Gasteiger partial charge >= 0.3 is 13.7 Å². The smallest absolute Gasteiger partial charge is 0.459 e. The van der Waals surface area contributed by atoms with Crippen molar-refractivity contribution in [3.05, 3.63) is 36.7 Å². The Morgan fingerprint density at radius 2 is 2.05 bits per heavy atom. The van der Waals surface area contributed by atoms with Crippen LogP contribution in [0.5, 0.6) is 11.6 Å². The molecule has 3 unspecified atom stereocenters. The Morgan fingerprint density at radius 1 is 1.29 bits per heavy atom. The molecule has 0 aliphatic carbocycles. The summed E-state index contributed by atoms with van der Waals surface area (Å²) in [5.74, 6) is -0.212. The van der Waals surface area contributed by atoms with Crippen LogP contribution in [0, 0.1) is 0 Å². The largest absolute Gasteiger partial charge is 0.476 e. The first kappa shape index (κ1) is 29.2. The third kappa shape index (κ3) is 5.87. The van der Waals surface area contributed by atoms with Gasteiger partial charge < -0.3 is 34.3 Å². The van der Waals surface area contributed by atoms with E-state index in [0.29, 0.717) is 17.8 Å². The highest BCUT2D eigenvalue weighted by molar-refractivity contribution is 7.52. The van der Waals surface area contributed by atoms with Crippen LogP contribution in [0.1, 0.15) is 33.9 Å². The van der Waals surface area contributed by atoms with Gasteiger partial charge in [0.05, 0.1) is 32.3 Å². The summed E-state index contributed by atoms with van der Waals surface area (Å²) in [4.78, 5) is 25.2. The molecule has 0 saturated carbocycles. The van der Waals surface area contributed by atoms with E-state index in [2.05, 4.69) is 20.0 Å². The Hall–Kier alpha value is -3.33. The summed E-state index contributed by atoms with van der Waals surface area (Å²) in [7, 11) is -4.22. The van der Waals surface area contributed by atoms with E-state index in [-0.39, 0.29) is 30.3 Å². The molecule has 5 rings (SSSR count). The summed E-state index contributed by atoms with van der Waals surface area (Å²) in [5, 5.41) is 13.8. The maximum absolute atomic E-state index is 13.9. The van der Waals surface area contributed by atoms with E-state index in [1.807, 2.05) is 0 Å². The number of fused-ring (bicyclic) bond motifs is 3. The molecule has 15 nitrogen and oxygen atoms in total. The number of benzene rings is 1. The van der Waals surface area contributed by atoms with Crippen molar-refractivity contribution in [3.8, 4) is 11.6 Å². The van der Waals surface area contributed by atoms with E-state index < -0.39 is 50.4 Å². The van der Waals surface area contributed by atoms with Crippen molar-refractivity contribution < 1.29 is 42.5 Å². The van der Waals surface area contributed by atoms with E-state index in [1.165, 1.54) is 13.3 Å². The molecule has 2 bridgehead atoms. The fourth-order valence-corrected chi connectivity index (χ4v) is 6.15. The number of imidazole rings is 1. The molecule has 2 aromatic heterocycles. The second kappa shape index (κ2) is 11.5. The van der Waals surface area contributed by atoms with Gasteiger partial charge in [0.15, 0.2) is 17.4 Å². The topological polar surface area (TPSA) is 191 Å². The number of aliphatic hydroxyl groups is 1. The third-order valence-electron chi connectivity index (χ3n) is 6.47. The molecule has 0 spiro atoms. The lowest BCUT2D eigenvalue weighted by atomic mass is 10.0. The number of ether oxygens (including phenoxy) is 4. The number of aromatic nitrogens is 4. The van der Waals surface area contributed by atoms with E-state index in [0.717, 1.165) is 0 Å². The standard InChI is InChI=1S/C25H33N6O9P/c1-5-35-21-17-20(28-24(26)29-21)31(13-27-17)22-18-19(32)25(39-22,11-36-18)12-37-41(34,40-16-9-7-6-8-10-16)30-15(4)23(33)38-14(2)3/h6-10,13-15,18-19,22,32H,5,11-12H2,1-4H3,(H,30,34)(H2,26,28,29)/t15-,18?,19-,22?,25+,41?/m0/s1. The molecule has 3 aromatic rings. The molecule has 6 atom stereocenters. The van der Waals surface area contributed by atoms with E-state index in [1.54, 1.807) is 55.7 Å². The van der Waals surface area contributed by atoms with Gasteiger partial charge in [-0.05, 0) is 39.8 Å². The fraction of sp³-hybridized carbons (Fsp3) is 0.520. The van der Waals surface area contributed by atoms with E-state index >= 15 is 0 Å². The molecule has 1 aromatic carbocycles. The van der Waals surface area contributed by atoms with E-state index in [4.69, 9.17) is 33.7 Å². The predicted octanol–water partition coefficient (Wildman–Crippen LogP) is 1.97. The molecule has 2 saturated heterocycles. The predicted molar refractivity (Wildman–Crippen MR) is 144 cm³/mol. The summed E-state index contributed by atoms with van der Waals surface area (Å²) < 4.78 is 49.9. The highest BCUT2D eigenvalue weighted by atomic mass is 31.2. The fourth-order valence-electron chi connectivity index (χ4n) is 4.60. The number of carbonyl (C=O) groups excluding carboxylic acids is 1. The molecule has 4 N–H and O–H groups in total. The number of nitrogens with zero attached hydrogens (tertiary/aromatic N) is 4. The normalized spacial score (nSPS) is 25.8. The number of esters is 1. The maximum atomic E-state index is 13.9. The second-order valence-corrected chi connectivity index (χ2v) is 11.6. The minimum absolute atomic E-state index is 0.0273. The summed E-state index contributed by atoms with van der Waals surface area (Å²) >= 11 is 0. The van der Waals surface area contributed by atoms with Gasteiger partial charge in [-0.2, -0.15) is 15.1 Å². The lowest BCUT2D eigenvalue weighted by Crippen LogP contribution is -2.46. The Kier molecular flexibility index (Phi) is 8.19. The van der Waals surface area contributed by atoms with Crippen LogP contribution in [0.4, 0.5) is 5.95 Å². The summed E-state index contributed by atoms with van der Waals surface area (Å²) in [6, 6.07) is 7.30. The number of anilines is 1. The van der Waals surface area contributed by atoms with Gasteiger partial charge in [-0.15, -0.1) is 0 Å². The minimum Gasteiger partial charge on any atom is -0.476 e. The Bertz CT molecular complexity index is 1440.